The molecule has 0 radical (unpaired) electrons. The Morgan fingerprint density at radius 2 is 1.74 bits per heavy atom. The molecular weight excluding hydrogens is 581 g/mol. The highest BCUT2D eigenvalue weighted by Gasteiger charge is 2.57. The molecule has 0 saturated carbocycles. The molecule has 2 aromatic carbocycles. The maximum atomic E-state index is 13.2. The van der Waals surface area contributed by atoms with Gasteiger partial charge in [-0.3, -0.25) is 23.7 Å². The number of thiazole rings is 1. The van der Waals surface area contributed by atoms with Gasteiger partial charge in [-0.05, 0) is 35.9 Å². The van der Waals surface area contributed by atoms with E-state index in [1.807, 2.05) is 0 Å². The number of carbonyl (C=O) groups is 4. The van der Waals surface area contributed by atoms with Crippen LogP contribution in [-0.2, 0) is 27.1 Å². The summed E-state index contributed by atoms with van der Waals surface area (Å²) in [5.74, 6) is -4.30. The van der Waals surface area contributed by atoms with E-state index in [1.165, 1.54) is 6.07 Å². The molecule has 5 rings (SSSR count). The van der Waals surface area contributed by atoms with Gasteiger partial charge in [0, 0.05) is 21.5 Å². The van der Waals surface area contributed by atoms with Crippen molar-refractivity contribution in [3.05, 3.63) is 79.2 Å². The van der Waals surface area contributed by atoms with Gasteiger partial charge in [-0.25, -0.2) is 4.79 Å². The van der Waals surface area contributed by atoms with Crippen LogP contribution in [0.5, 0.6) is 0 Å². The first-order valence-corrected chi connectivity index (χ1v) is 13.2. The van der Waals surface area contributed by atoms with Gasteiger partial charge in [0.2, 0.25) is 11.8 Å². The molecule has 2 aliphatic rings. The Kier molecular flexibility index (Phi) is 6.81. The summed E-state index contributed by atoms with van der Waals surface area (Å²) in [6.45, 7) is -0.569. The van der Waals surface area contributed by atoms with Crippen LogP contribution in [0.1, 0.15) is 21.9 Å². The molecule has 15 heteroatoms. The lowest BCUT2D eigenvalue weighted by Gasteiger charge is -2.30. The van der Waals surface area contributed by atoms with Crippen molar-refractivity contribution >= 4 is 64.1 Å². The van der Waals surface area contributed by atoms with Crippen LogP contribution in [0.2, 0.25) is 5.02 Å². The third-order valence-corrected chi connectivity index (χ3v) is 9.13. The predicted octanol–water partition coefficient (Wildman–Crippen LogP) is 3.89. The van der Waals surface area contributed by atoms with Crippen LogP contribution in [0, 0.1) is 5.92 Å². The number of nitrogens with two attached hydrogens (primary N) is 1. The summed E-state index contributed by atoms with van der Waals surface area (Å²) >= 11 is 7.64. The molecule has 3 unspecified atom stereocenters. The molecule has 1 fully saturated rings. The van der Waals surface area contributed by atoms with Crippen molar-refractivity contribution in [1.82, 2.24) is 9.47 Å². The highest BCUT2D eigenvalue weighted by atomic mass is 35.5. The molecule has 0 aliphatic carbocycles. The number of likely N-dealkylation sites (tertiary alicyclic amines) is 1. The molecule has 2 aliphatic heterocycles. The maximum Gasteiger partial charge on any atom is 0.416 e. The van der Waals surface area contributed by atoms with Gasteiger partial charge in [-0.15, -0.1) is 0 Å². The molecule has 5 amide bonds. The number of rotatable bonds is 4. The molecule has 202 valence electrons. The number of carbonyl (C=O) groups excluding carboxylic acids is 4. The van der Waals surface area contributed by atoms with E-state index in [9.17, 15) is 37.1 Å². The van der Waals surface area contributed by atoms with Gasteiger partial charge in [-0.1, -0.05) is 52.9 Å². The average molecular weight is 597 g/mol. The molecule has 3 heterocycles. The van der Waals surface area contributed by atoms with Crippen LogP contribution >= 0.6 is 34.7 Å². The van der Waals surface area contributed by atoms with Crippen molar-refractivity contribution in [2.45, 2.75) is 28.9 Å². The monoisotopic (exact) mass is 596 g/mol. The smallest absolute Gasteiger partial charge is 0.351 e. The zero-order valence-corrected chi connectivity index (χ0v) is 21.8. The summed E-state index contributed by atoms with van der Waals surface area (Å²) in [5, 5.41) is 1.89. The Morgan fingerprint density at radius 3 is 2.38 bits per heavy atom. The Bertz CT molecular complexity index is 1590. The zero-order chi connectivity index (χ0) is 28.2. The third kappa shape index (κ3) is 4.83. The first-order chi connectivity index (χ1) is 18.4. The number of aromatic nitrogens is 1. The number of alkyl halides is 3. The number of primary amides is 1. The highest BCUT2D eigenvalue weighted by molar-refractivity contribution is 8.00. The number of nitrogens with zero attached hydrogens (tertiary/aromatic N) is 2. The average Bonchev–Trinajstić information content (AvgIpc) is 3.30. The zero-order valence-electron chi connectivity index (χ0n) is 19.4. The summed E-state index contributed by atoms with van der Waals surface area (Å²) in [5.41, 5.74) is 4.76. The summed E-state index contributed by atoms with van der Waals surface area (Å²) in [7, 11) is 0. The first kappa shape index (κ1) is 27.0. The van der Waals surface area contributed by atoms with E-state index < -0.39 is 64.0 Å². The number of thioether (sulfide) groups is 1. The summed E-state index contributed by atoms with van der Waals surface area (Å²) in [6.07, 6.45) is -4.61. The fourth-order valence-electron chi connectivity index (χ4n) is 4.62. The number of hydrogen-bond donors (Lipinski definition) is 2. The number of anilines is 1. The van der Waals surface area contributed by atoms with Crippen molar-refractivity contribution in [2.75, 3.05) is 5.32 Å². The van der Waals surface area contributed by atoms with E-state index in [4.69, 9.17) is 17.3 Å². The van der Waals surface area contributed by atoms with Gasteiger partial charge in [0.25, 0.3) is 5.91 Å². The maximum absolute atomic E-state index is 13.2. The van der Waals surface area contributed by atoms with Crippen LogP contribution in [0.3, 0.4) is 0 Å². The van der Waals surface area contributed by atoms with Gasteiger partial charge < -0.3 is 11.1 Å². The van der Waals surface area contributed by atoms with Crippen molar-refractivity contribution in [2.24, 2.45) is 11.7 Å². The molecule has 9 nitrogen and oxygen atoms in total. The summed E-state index contributed by atoms with van der Waals surface area (Å²) < 4.78 is 40.2. The quantitative estimate of drug-likeness (QED) is 0.439. The number of urea groups is 1. The summed E-state index contributed by atoms with van der Waals surface area (Å²) in [4.78, 5) is 64.1. The van der Waals surface area contributed by atoms with Crippen molar-refractivity contribution in [1.29, 1.82) is 0 Å². The first-order valence-electron chi connectivity index (χ1n) is 11.2. The number of imide groups is 3. The van der Waals surface area contributed by atoms with E-state index >= 15 is 0 Å². The largest absolute Gasteiger partial charge is 0.416 e. The Balaban J connectivity index is 1.52. The fraction of sp³-hybridized carbons (Fsp3) is 0.208. The van der Waals surface area contributed by atoms with E-state index in [0.29, 0.717) is 20.4 Å². The molecule has 3 N–H and O–H groups in total. The number of halogens is 4. The fourth-order valence-corrected chi connectivity index (χ4v) is 7.52. The number of amides is 5. The molecule has 0 bridgehead atoms. The van der Waals surface area contributed by atoms with Crippen molar-refractivity contribution in [3.63, 3.8) is 0 Å². The lowest BCUT2D eigenvalue weighted by Crippen LogP contribution is -2.41. The number of nitrogens with one attached hydrogen (secondary N) is 1. The van der Waals surface area contributed by atoms with Gasteiger partial charge in [0.05, 0.1) is 16.5 Å². The molecule has 3 atom stereocenters. The molecule has 1 saturated heterocycles. The Labute approximate surface area is 230 Å². The second-order valence-corrected chi connectivity index (χ2v) is 11.3. The lowest BCUT2D eigenvalue weighted by molar-refractivity contribution is -0.138. The van der Waals surface area contributed by atoms with Gasteiger partial charge in [0.15, 0.2) is 0 Å². The Morgan fingerprint density at radius 1 is 1.05 bits per heavy atom. The number of benzene rings is 2. The van der Waals surface area contributed by atoms with E-state index in [2.05, 4.69) is 5.32 Å². The van der Waals surface area contributed by atoms with Gasteiger partial charge >= 0.3 is 17.1 Å². The lowest BCUT2D eigenvalue weighted by atomic mass is 9.83. The number of hydrogen-bond acceptors (Lipinski definition) is 7. The van der Waals surface area contributed by atoms with Crippen LogP contribution < -0.4 is 15.9 Å². The molecular formula is C24H16ClF3N4O5S2. The normalized spacial score (nSPS) is 20.5. The number of fused-ring (bicyclic) bond motifs is 2. The molecule has 39 heavy (non-hydrogen) atoms. The van der Waals surface area contributed by atoms with E-state index in [1.54, 1.807) is 24.3 Å². The van der Waals surface area contributed by atoms with Gasteiger partial charge in [0.1, 0.15) is 11.8 Å². The van der Waals surface area contributed by atoms with Crippen molar-refractivity contribution < 1.29 is 32.3 Å². The minimum atomic E-state index is -4.61. The third-order valence-electron chi connectivity index (χ3n) is 6.27. The van der Waals surface area contributed by atoms with Gasteiger partial charge in [-0.2, -0.15) is 18.1 Å². The predicted molar refractivity (Wildman–Crippen MR) is 137 cm³/mol. The van der Waals surface area contributed by atoms with Crippen LogP contribution in [-0.4, -0.2) is 38.5 Å². The second kappa shape index (κ2) is 9.84. The van der Waals surface area contributed by atoms with E-state index in [-0.39, 0.29) is 10.7 Å². The van der Waals surface area contributed by atoms with E-state index in [0.717, 1.165) is 45.9 Å². The van der Waals surface area contributed by atoms with Crippen LogP contribution in [0.25, 0.3) is 0 Å². The molecule has 3 aromatic rings. The van der Waals surface area contributed by atoms with Crippen LogP contribution in [0.15, 0.2) is 58.4 Å². The minimum absolute atomic E-state index is 0.118. The Hall–Kier alpha value is -3.62. The summed E-state index contributed by atoms with van der Waals surface area (Å²) in [6, 6.07) is 9.21. The minimum Gasteiger partial charge on any atom is -0.351 e. The van der Waals surface area contributed by atoms with Crippen molar-refractivity contribution in [3.8, 4) is 0 Å². The molecule has 1 aromatic heterocycles. The highest BCUT2D eigenvalue weighted by Crippen LogP contribution is 2.53. The standard InChI is InChI=1S/C24H16ClF3N4O5S2/c25-12-6-4-10(5-7-12)15-16-17(20(35)32(19(16)34)22(29)36)38-21-18(15)39-23(37)31(21)9-14(33)30-13-3-1-2-11(8-13)24(26,27)28/h1-8,15-17H,9H2,(H2,29,36)(H,30,33). The SMILES string of the molecule is NC(=O)N1C(=O)C2Sc3c(sc(=O)n3CC(=O)Nc3cccc(C(F)(F)F)c3)C(c3ccc(Cl)cc3)C2C1=O. The second-order valence-electron chi connectivity index (χ2n) is 8.69. The van der Waals surface area contributed by atoms with Crippen LogP contribution in [0.4, 0.5) is 23.7 Å². The molecule has 0 spiro atoms. The topological polar surface area (TPSA) is 132 Å².